The number of hydrogen-bond donors (Lipinski definition) is 1. The maximum atomic E-state index is 11.7. The molecule has 25 heavy (non-hydrogen) atoms. The third kappa shape index (κ3) is 6.65. The molecular weight excluding hydrogens is 340 g/mol. The van der Waals surface area contributed by atoms with Crippen molar-refractivity contribution in [2.75, 3.05) is 13.2 Å². The van der Waals surface area contributed by atoms with E-state index in [1.54, 1.807) is 0 Å². The Morgan fingerprint density at radius 1 is 1.08 bits per heavy atom. The van der Waals surface area contributed by atoms with Gasteiger partial charge in [-0.2, -0.15) is 0 Å². The number of amides is 1. The molecule has 12 heteroatoms. The molecule has 0 spiro atoms. The Balaban J connectivity index is 3.02. The van der Waals surface area contributed by atoms with Crippen molar-refractivity contribution in [3.05, 3.63) is 10.4 Å². The SMILES string of the molecule is CC(=O)O[C@@H]1[C@@H](OC(C)=O)[C@H](OC(C)=O)CO[C@H]1NC(=O)CN=[N+]=[N-]. The van der Waals surface area contributed by atoms with Gasteiger partial charge in [-0.3, -0.25) is 19.2 Å². The Kier molecular flexibility index (Phi) is 7.63. The molecule has 1 fully saturated rings. The van der Waals surface area contributed by atoms with Gasteiger partial charge in [0, 0.05) is 25.7 Å². The van der Waals surface area contributed by atoms with E-state index in [4.69, 9.17) is 24.5 Å². The molecule has 1 aliphatic rings. The lowest BCUT2D eigenvalue weighted by atomic mass is 10.0. The second-order valence-corrected chi connectivity index (χ2v) is 5.01. The number of esters is 3. The first kappa shape index (κ1) is 20.2. The van der Waals surface area contributed by atoms with Crippen LogP contribution in [0.25, 0.3) is 10.4 Å². The highest BCUT2D eigenvalue weighted by Gasteiger charge is 2.47. The minimum Gasteiger partial charge on any atom is -0.456 e. The van der Waals surface area contributed by atoms with Crippen molar-refractivity contribution in [2.24, 2.45) is 5.11 Å². The first-order valence-electron chi connectivity index (χ1n) is 7.18. The zero-order chi connectivity index (χ0) is 19.0. The van der Waals surface area contributed by atoms with E-state index in [0.717, 1.165) is 20.8 Å². The minimum absolute atomic E-state index is 0.220. The molecule has 1 aliphatic heterocycles. The monoisotopic (exact) mass is 358 g/mol. The fraction of sp³-hybridized carbons (Fsp3) is 0.692. The molecule has 138 valence electrons. The largest absolute Gasteiger partial charge is 0.456 e. The van der Waals surface area contributed by atoms with E-state index in [0.29, 0.717) is 0 Å². The van der Waals surface area contributed by atoms with Gasteiger partial charge in [-0.1, -0.05) is 5.11 Å². The van der Waals surface area contributed by atoms with E-state index >= 15 is 0 Å². The summed E-state index contributed by atoms with van der Waals surface area (Å²) in [5.41, 5.74) is 8.22. The highest BCUT2D eigenvalue weighted by Crippen LogP contribution is 2.23. The average Bonchev–Trinajstić information content (AvgIpc) is 2.49. The van der Waals surface area contributed by atoms with Crippen molar-refractivity contribution in [1.29, 1.82) is 0 Å². The van der Waals surface area contributed by atoms with Crippen LogP contribution in [-0.4, -0.2) is 61.5 Å². The molecule has 0 aromatic carbocycles. The summed E-state index contributed by atoms with van der Waals surface area (Å²) in [7, 11) is 0. The highest BCUT2D eigenvalue weighted by atomic mass is 16.6. The number of carbonyl (C=O) groups is 4. The van der Waals surface area contributed by atoms with Crippen LogP contribution in [0.1, 0.15) is 20.8 Å². The van der Waals surface area contributed by atoms with Crippen LogP contribution in [0.2, 0.25) is 0 Å². The highest BCUT2D eigenvalue weighted by molar-refractivity contribution is 5.78. The lowest BCUT2D eigenvalue weighted by molar-refractivity contribution is -0.229. The van der Waals surface area contributed by atoms with Crippen molar-refractivity contribution in [1.82, 2.24) is 5.32 Å². The number of carbonyl (C=O) groups excluding carboxylic acids is 4. The lowest BCUT2D eigenvalue weighted by Crippen LogP contribution is -2.62. The summed E-state index contributed by atoms with van der Waals surface area (Å²) in [5.74, 6) is -2.80. The first-order chi connectivity index (χ1) is 11.7. The van der Waals surface area contributed by atoms with Gasteiger partial charge in [-0.15, -0.1) is 0 Å². The van der Waals surface area contributed by atoms with Crippen LogP contribution in [0, 0.1) is 0 Å². The lowest BCUT2D eigenvalue weighted by Gasteiger charge is -2.40. The van der Waals surface area contributed by atoms with Gasteiger partial charge in [-0.25, -0.2) is 0 Å². The number of nitrogens with zero attached hydrogens (tertiary/aromatic N) is 3. The second-order valence-electron chi connectivity index (χ2n) is 5.01. The third-order valence-electron chi connectivity index (χ3n) is 2.93. The smallest absolute Gasteiger partial charge is 0.303 e. The van der Waals surface area contributed by atoms with E-state index < -0.39 is 54.9 Å². The summed E-state index contributed by atoms with van der Waals surface area (Å²) in [6.07, 6.45) is -4.68. The third-order valence-corrected chi connectivity index (χ3v) is 2.93. The van der Waals surface area contributed by atoms with Crippen LogP contribution in [0.4, 0.5) is 0 Å². The van der Waals surface area contributed by atoms with E-state index in [2.05, 4.69) is 15.3 Å². The van der Waals surface area contributed by atoms with Crippen molar-refractivity contribution in [2.45, 2.75) is 45.3 Å². The number of nitrogens with one attached hydrogen (secondary N) is 1. The van der Waals surface area contributed by atoms with E-state index in [9.17, 15) is 19.2 Å². The van der Waals surface area contributed by atoms with Gasteiger partial charge >= 0.3 is 17.9 Å². The molecule has 4 atom stereocenters. The van der Waals surface area contributed by atoms with Gasteiger partial charge in [0.25, 0.3) is 0 Å². The zero-order valence-electron chi connectivity index (χ0n) is 13.8. The summed E-state index contributed by atoms with van der Waals surface area (Å²) >= 11 is 0. The topological polar surface area (TPSA) is 166 Å². The van der Waals surface area contributed by atoms with Crippen LogP contribution < -0.4 is 5.32 Å². The molecule has 0 aromatic rings. The number of hydrogen-bond acceptors (Lipinski definition) is 9. The molecule has 0 bridgehead atoms. The van der Waals surface area contributed by atoms with Gasteiger partial charge < -0.3 is 24.3 Å². The zero-order valence-corrected chi connectivity index (χ0v) is 13.8. The molecule has 0 aromatic heterocycles. The predicted molar refractivity (Wildman–Crippen MR) is 78.6 cm³/mol. The second kappa shape index (κ2) is 9.45. The molecule has 1 N–H and O–H groups in total. The minimum atomic E-state index is -1.27. The summed E-state index contributed by atoms with van der Waals surface area (Å²) < 4.78 is 20.6. The maximum Gasteiger partial charge on any atom is 0.303 e. The van der Waals surface area contributed by atoms with Crippen LogP contribution in [0.15, 0.2) is 5.11 Å². The number of ether oxygens (including phenoxy) is 4. The van der Waals surface area contributed by atoms with Gasteiger partial charge in [0.05, 0.1) is 6.61 Å². The first-order valence-corrected chi connectivity index (χ1v) is 7.18. The molecule has 1 heterocycles. The summed E-state index contributed by atoms with van der Waals surface area (Å²) in [6, 6.07) is 0. The van der Waals surface area contributed by atoms with Crippen LogP contribution in [0.5, 0.6) is 0 Å². The number of azide groups is 1. The van der Waals surface area contributed by atoms with Crippen molar-refractivity contribution in [3.63, 3.8) is 0 Å². The summed E-state index contributed by atoms with van der Waals surface area (Å²) in [5, 5.41) is 5.45. The van der Waals surface area contributed by atoms with Crippen molar-refractivity contribution >= 4 is 23.8 Å². The van der Waals surface area contributed by atoms with Crippen LogP contribution in [-0.2, 0) is 38.1 Å². The Morgan fingerprint density at radius 3 is 2.16 bits per heavy atom. The molecule has 12 nitrogen and oxygen atoms in total. The van der Waals surface area contributed by atoms with Gasteiger partial charge in [0.15, 0.2) is 24.5 Å². The molecule has 1 rings (SSSR count). The molecule has 1 amide bonds. The van der Waals surface area contributed by atoms with E-state index in [1.807, 2.05) is 0 Å². The molecular formula is C13H18N4O8. The number of rotatable bonds is 6. The Hall–Kier alpha value is -2.85. The van der Waals surface area contributed by atoms with Crippen molar-refractivity contribution in [3.8, 4) is 0 Å². The molecule has 0 aliphatic carbocycles. The Morgan fingerprint density at radius 2 is 1.64 bits per heavy atom. The Labute approximate surface area is 142 Å². The fourth-order valence-electron chi connectivity index (χ4n) is 2.17. The standard InChI is InChI=1S/C13H18N4O8/c1-6(18)23-9-5-22-13(16-10(21)4-15-17-14)12(25-8(3)20)11(9)24-7(2)19/h9,11-13H,4-5H2,1-3H3,(H,16,21)/t9-,11+,12-,13-/m1/s1. The van der Waals surface area contributed by atoms with Gasteiger partial charge in [-0.05, 0) is 5.53 Å². The molecule has 0 radical (unpaired) electrons. The predicted octanol–water partition coefficient (Wildman–Crippen LogP) is -0.436. The van der Waals surface area contributed by atoms with Crippen molar-refractivity contribution < 1.29 is 38.1 Å². The fourth-order valence-corrected chi connectivity index (χ4v) is 2.17. The maximum absolute atomic E-state index is 11.7. The van der Waals surface area contributed by atoms with Crippen LogP contribution >= 0.6 is 0 Å². The molecule has 0 unspecified atom stereocenters. The molecule has 1 saturated heterocycles. The van der Waals surface area contributed by atoms with Gasteiger partial charge in [0.2, 0.25) is 5.91 Å². The molecule has 0 saturated carbocycles. The van der Waals surface area contributed by atoms with E-state index in [1.165, 1.54) is 0 Å². The average molecular weight is 358 g/mol. The summed E-state index contributed by atoms with van der Waals surface area (Å²) in [6.45, 7) is 2.66. The quantitative estimate of drug-likeness (QED) is 0.219. The Bertz CT molecular complexity index is 589. The van der Waals surface area contributed by atoms with Gasteiger partial charge in [0.1, 0.15) is 6.54 Å². The normalized spacial score (nSPS) is 25.1. The van der Waals surface area contributed by atoms with E-state index in [-0.39, 0.29) is 6.61 Å². The van der Waals surface area contributed by atoms with Crippen LogP contribution in [0.3, 0.4) is 0 Å². The summed E-state index contributed by atoms with van der Waals surface area (Å²) in [4.78, 5) is 48.1.